The molecule has 0 bridgehead atoms. The van der Waals surface area contributed by atoms with Crippen molar-refractivity contribution in [3.8, 4) is 0 Å². The van der Waals surface area contributed by atoms with E-state index < -0.39 is 11.6 Å². The van der Waals surface area contributed by atoms with Gasteiger partial charge in [0.05, 0.1) is 6.04 Å². The Kier molecular flexibility index (Phi) is 5.10. The number of likely N-dealkylation sites (tertiary alicyclic amines) is 1. The van der Waals surface area contributed by atoms with Gasteiger partial charge in [0.15, 0.2) is 0 Å². The minimum atomic E-state index is -0.680. The zero-order valence-electron chi connectivity index (χ0n) is 14.5. The van der Waals surface area contributed by atoms with E-state index in [4.69, 9.17) is 23.2 Å². The fraction of sp³-hybridized carbons (Fsp3) is 0.350. The zero-order valence-corrected chi connectivity index (χ0v) is 16.0. The molecule has 2 aliphatic heterocycles. The van der Waals surface area contributed by atoms with E-state index in [-0.39, 0.29) is 23.6 Å². The molecule has 142 valence electrons. The molecule has 27 heavy (non-hydrogen) atoms. The van der Waals surface area contributed by atoms with Crippen molar-refractivity contribution >= 4 is 34.8 Å². The van der Waals surface area contributed by atoms with Crippen molar-refractivity contribution < 1.29 is 13.6 Å². The number of halogens is 4. The highest BCUT2D eigenvalue weighted by atomic mass is 35.5. The Morgan fingerprint density at radius 2 is 1.56 bits per heavy atom. The van der Waals surface area contributed by atoms with Crippen LogP contribution in [0.2, 0.25) is 10.0 Å². The van der Waals surface area contributed by atoms with Gasteiger partial charge in [0.25, 0.3) is 0 Å². The summed E-state index contributed by atoms with van der Waals surface area (Å²) in [5.41, 5.74) is 1.35. The molecule has 0 radical (unpaired) electrons. The van der Waals surface area contributed by atoms with Gasteiger partial charge in [0.2, 0.25) is 5.91 Å². The lowest BCUT2D eigenvalue weighted by molar-refractivity contribution is -0.121. The van der Waals surface area contributed by atoms with Crippen LogP contribution in [0.15, 0.2) is 36.4 Å². The number of carbonyl (C=O) groups excluding carboxylic acids is 1. The maximum absolute atomic E-state index is 13.5. The van der Waals surface area contributed by atoms with E-state index in [2.05, 4.69) is 4.90 Å². The first kappa shape index (κ1) is 18.7. The van der Waals surface area contributed by atoms with E-state index >= 15 is 0 Å². The predicted molar refractivity (Wildman–Crippen MR) is 103 cm³/mol. The van der Waals surface area contributed by atoms with Gasteiger partial charge in [-0.05, 0) is 61.2 Å². The summed E-state index contributed by atoms with van der Waals surface area (Å²) in [5, 5.41) is 1.21. The average Bonchev–Trinajstić information content (AvgIpc) is 3.19. The molecule has 2 atom stereocenters. The molecule has 0 N–H and O–H groups in total. The largest absolute Gasteiger partial charge is 0.311 e. The maximum Gasteiger partial charge on any atom is 0.244 e. The van der Waals surface area contributed by atoms with Gasteiger partial charge >= 0.3 is 0 Å². The van der Waals surface area contributed by atoms with Crippen LogP contribution in [0.4, 0.5) is 14.5 Å². The number of hydrogen-bond donors (Lipinski definition) is 0. The van der Waals surface area contributed by atoms with E-state index in [1.54, 1.807) is 6.07 Å². The summed E-state index contributed by atoms with van der Waals surface area (Å²) >= 11 is 12.2. The van der Waals surface area contributed by atoms with Gasteiger partial charge in [-0.15, -0.1) is 0 Å². The normalized spacial score (nSPS) is 23.4. The number of rotatable bonds is 3. The van der Waals surface area contributed by atoms with Gasteiger partial charge in [0.1, 0.15) is 11.6 Å². The number of anilines is 1. The molecule has 2 fully saturated rings. The molecule has 2 aromatic carbocycles. The first-order chi connectivity index (χ1) is 12.9. The molecule has 0 aromatic heterocycles. The van der Waals surface area contributed by atoms with E-state index in [9.17, 15) is 13.6 Å². The summed E-state index contributed by atoms with van der Waals surface area (Å²) in [6.07, 6.45) is 1.55. The van der Waals surface area contributed by atoms with E-state index in [0.29, 0.717) is 23.0 Å². The minimum absolute atomic E-state index is 0.107. The SMILES string of the molecule is O=C1[C@@H](N2CCC(c3cc(Cl)cc(Cl)c3)C2)CCN1c1cc(F)cc(F)c1. The van der Waals surface area contributed by atoms with E-state index in [1.807, 2.05) is 12.1 Å². The number of amides is 1. The monoisotopic (exact) mass is 410 g/mol. The molecule has 2 saturated heterocycles. The van der Waals surface area contributed by atoms with Crippen LogP contribution in [-0.2, 0) is 4.79 Å². The first-order valence-electron chi connectivity index (χ1n) is 8.88. The van der Waals surface area contributed by atoms with E-state index in [1.165, 1.54) is 17.0 Å². The Labute approximate surface area is 166 Å². The van der Waals surface area contributed by atoms with E-state index in [0.717, 1.165) is 31.1 Å². The molecule has 0 saturated carbocycles. The molecule has 0 aliphatic carbocycles. The van der Waals surface area contributed by atoms with Crippen LogP contribution in [0, 0.1) is 11.6 Å². The lowest BCUT2D eigenvalue weighted by atomic mass is 9.98. The van der Waals surface area contributed by atoms with Crippen LogP contribution in [0.1, 0.15) is 24.3 Å². The smallest absolute Gasteiger partial charge is 0.244 e. The summed E-state index contributed by atoms with van der Waals surface area (Å²) in [5.74, 6) is -1.21. The standard InChI is InChI=1S/C20H18Cl2F2N2O/c21-14-5-13(6-15(22)7-14)12-1-3-25(11-12)19-2-4-26(20(19)27)18-9-16(23)8-17(24)10-18/h5-10,12,19H,1-4,11H2/t12?,19-/m0/s1. The molecule has 0 spiro atoms. The second-order valence-electron chi connectivity index (χ2n) is 7.11. The number of carbonyl (C=O) groups is 1. The topological polar surface area (TPSA) is 23.6 Å². The molecular formula is C20H18Cl2F2N2O. The zero-order chi connectivity index (χ0) is 19.1. The van der Waals surface area contributed by atoms with Gasteiger partial charge in [-0.2, -0.15) is 0 Å². The number of benzene rings is 2. The third-order valence-electron chi connectivity index (χ3n) is 5.35. The molecule has 1 amide bonds. The third kappa shape index (κ3) is 3.82. The molecule has 2 aromatic rings. The fourth-order valence-electron chi connectivity index (χ4n) is 4.11. The number of hydrogen-bond acceptors (Lipinski definition) is 2. The van der Waals surface area contributed by atoms with Crippen LogP contribution in [0.5, 0.6) is 0 Å². The van der Waals surface area contributed by atoms with Gasteiger partial charge in [-0.25, -0.2) is 8.78 Å². The Hall–Kier alpha value is -1.69. The van der Waals surface area contributed by atoms with Crippen molar-refractivity contribution in [3.05, 3.63) is 63.6 Å². The highest BCUT2D eigenvalue weighted by Gasteiger charge is 2.40. The highest BCUT2D eigenvalue weighted by Crippen LogP contribution is 2.34. The molecular weight excluding hydrogens is 393 g/mol. The summed E-state index contributed by atoms with van der Waals surface area (Å²) in [4.78, 5) is 16.5. The van der Waals surface area contributed by atoms with Gasteiger partial charge in [0, 0.05) is 34.9 Å². The fourth-order valence-corrected chi connectivity index (χ4v) is 4.65. The first-order valence-corrected chi connectivity index (χ1v) is 9.64. The quantitative estimate of drug-likeness (QED) is 0.720. The van der Waals surface area contributed by atoms with Gasteiger partial charge in [-0.3, -0.25) is 9.69 Å². The van der Waals surface area contributed by atoms with Crippen molar-refractivity contribution in [2.24, 2.45) is 0 Å². The van der Waals surface area contributed by atoms with Crippen LogP contribution in [0.3, 0.4) is 0 Å². The Balaban J connectivity index is 1.48. The second-order valence-corrected chi connectivity index (χ2v) is 7.98. The molecule has 3 nitrogen and oxygen atoms in total. The number of nitrogens with zero attached hydrogens (tertiary/aromatic N) is 2. The lowest BCUT2D eigenvalue weighted by Crippen LogP contribution is -2.40. The van der Waals surface area contributed by atoms with Crippen molar-refractivity contribution in [1.82, 2.24) is 4.90 Å². The second kappa shape index (κ2) is 7.38. The third-order valence-corrected chi connectivity index (χ3v) is 5.79. The van der Waals surface area contributed by atoms with Crippen LogP contribution < -0.4 is 4.90 Å². The van der Waals surface area contributed by atoms with Gasteiger partial charge in [-0.1, -0.05) is 23.2 Å². The predicted octanol–water partition coefficient (Wildman–Crippen LogP) is 4.87. The Morgan fingerprint density at radius 3 is 2.22 bits per heavy atom. The van der Waals surface area contributed by atoms with Crippen molar-refractivity contribution in [3.63, 3.8) is 0 Å². The van der Waals surface area contributed by atoms with Gasteiger partial charge < -0.3 is 4.90 Å². The Bertz CT molecular complexity index is 852. The maximum atomic E-state index is 13.5. The molecule has 7 heteroatoms. The summed E-state index contributed by atoms with van der Waals surface area (Å²) in [6, 6.07) is 8.48. The minimum Gasteiger partial charge on any atom is -0.311 e. The van der Waals surface area contributed by atoms with Crippen molar-refractivity contribution in [1.29, 1.82) is 0 Å². The van der Waals surface area contributed by atoms with Crippen LogP contribution >= 0.6 is 23.2 Å². The molecule has 2 aliphatic rings. The Morgan fingerprint density at radius 1 is 0.889 bits per heavy atom. The highest BCUT2D eigenvalue weighted by molar-refractivity contribution is 6.34. The van der Waals surface area contributed by atoms with Crippen LogP contribution in [-0.4, -0.2) is 36.5 Å². The summed E-state index contributed by atoms with van der Waals surface area (Å²) in [6.45, 7) is 1.98. The molecule has 2 heterocycles. The van der Waals surface area contributed by atoms with Crippen molar-refractivity contribution in [2.75, 3.05) is 24.5 Å². The average molecular weight is 411 g/mol. The summed E-state index contributed by atoms with van der Waals surface area (Å²) < 4.78 is 27.0. The van der Waals surface area contributed by atoms with Crippen molar-refractivity contribution in [2.45, 2.75) is 24.8 Å². The molecule has 1 unspecified atom stereocenters. The van der Waals surface area contributed by atoms with Crippen LogP contribution in [0.25, 0.3) is 0 Å². The molecule has 4 rings (SSSR count). The lowest BCUT2D eigenvalue weighted by Gasteiger charge is -2.23. The summed E-state index contributed by atoms with van der Waals surface area (Å²) in [7, 11) is 0.